The van der Waals surface area contributed by atoms with Crippen LogP contribution in [0.3, 0.4) is 0 Å². The van der Waals surface area contributed by atoms with Gasteiger partial charge in [-0.2, -0.15) is 0 Å². The van der Waals surface area contributed by atoms with E-state index in [-0.39, 0.29) is 19.0 Å². The van der Waals surface area contributed by atoms with Crippen molar-refractivity contribution in [2.24, 2.45) is 0 Å². The lowest BCUT2D eigenvalue weighted by Crippen LogP contribution is -2.51. The number of nitrogens with zero attached hydrogens (tertiary/aromatic N) is 3. The molecule has 1 heterocycles. The highest BCUT2D eigenvalue weighted by molar-refractivity contribution is 5.92. The van der Waals surface area contributed by atoms with Crippen LogP contribution in [0, 0.1) is 17.5 Å². The predicted octanol–water partition coefficient (Wildman–Crippen LogP) is 2.32. The molecule has 2 aromatic rings. The summed E-state index contributed by atoms with van der Waals surface area (Å²) >= 11 is 0. The molecule has 1 saturated heterocycles. The highest BCUT2D eigenvalue weighted by atomic mass is 19.2. The summed E-state index contributed by atoms with van der Waals surface area (Å²) in [5, 5.41) is 2.19. The zero-order valence-corrected chi connectivity index (χ0v) is 16.6. The van der Waals surface area contributed by atoms with Crippen LogP contribution in [0.5, 0.6) is 0 Å². The van der Waals surface area contributed by atoms with Crippen LogP contribution in [-0.4, -0.2) is 67.9 Å². The van der Waals surface area contributed by atoms with Crippen LogP contribution in [0.2, 0.25) is 0 Å². The first-order chi connectivity index (χ1) is 14.3. The van der Waals surface area contributed by atoms with E-state index in [0.717, 1.165) is 30.9 Å². The normalized spacial score (nSPS) is 14.2. The van der Waals surface area contributed by atoms with E-state index in [2.05, 4.69) is 10.2 Å². The van der Waals surface area contributed by atoms with Gasteiger partial charge in [0.15, 0.2) is 17.5 Å². The SMILES string of the molecule is CN(CC(=O)Nc1ccc(F)c(F)c1F)CC(=O)N1CCN(c2ccccc2)CC1. The standard InChI is InChI=1S/C21H23F3N4O2/c1-26(13-18(29)25-17-8-7-16(22)20(23)21(17)24)14-19(30)28-11-9-27(10-12-28)15-5-3-2-4-6-15/h2-8H,9-14H2,1H3,(H,25,29). The maximum atomic E-state index is 13.7. The van der Waals surface area contributed by atoms with Gasteiger partial charge in [-0.25, -0.2) is 13.2 Å². The third kappa shape index (κ3) is 5.29. The number of hydrogen-bond donors (Lipinski definition) is 1. The summed E-state index contributed by atoms with van der Waals surface area (Å²) in [5.74, 6) is -5.19. The second-order valence-corrected chi connectivity index (χ2v) is 7.15. The lowest BCUT2D eigenvalue weighted by Gasteiger charge is -2.36. The topological polar surface area (TPSA) is 55.9 Å². The lowest BCUT2D eigenvalue weighted by atomic mass is 10.2. The zero-order chi connectivity index (χ0) is 21.7. The Morgan fingerprint density at radius 2 is 1.60 bits per heavy atom. The summed E-state index contributed by atoms with van der Waals surface area (Å²) in [6.45, 7) is 2.40. The Balaban J connectivity index is 1.46. The molecular formula is C21H23F3N4O2. The van der Waals surface area contributed by atoms with Crippen molar-refractivity contribution in [2.45, 2.75) is 0 Å². The molecule has 1 aliphatic heterocycles. The van der Waals surface area contributed by atoms with E-state index < -0.39 is 29.0 Å². The maximum absolute atomic E-state index is 13.7. The Morgan fingerprint density at radius 3 is 2.27 bits per heavy atom. The minimum Gasteiger partial charge on any atom is -0.368 e. The Hall–Kier alpha value is -3.07. The van der Waals surface area contributed by atoms with Gasteiger partial charge in [-0.15, -0.1) is 0 Å². The van der Waals surface area contributed by atoms with Crippen molar-refractivity contribution in [3.63, 3.8) is 0 Å². The molecule has 6 nitrogen and oxygen atoms in total. The molecule has 9 heteroatoms. The second-order valence-electron chi connectivity index (χ2n) is 7.15. The molecule has 0 aliphatic carbocycles. The van der Waals surface area contributed by atoms with Crippen LogP contribution in [0.4, 0.5) is 24.5 Å². The van der Waals surface area contributed by atoms with Gasteiger partial charge in [0.1, 0.15) is 0 Å². The monoisotopic (exact) mass is 420 g/mol. The smallest absolute Gasteiger partial charge is 0.238 e. The van der Waals surface area contributed by atoms with Gasteiger partial charge in [-0.3, -0.25) is 14.5 Å². The molecule has 0 aromatic heterocycles. The Labute approximate surface area is 172 Å². The molecule has 2 aromatic carbocycles. The number of benzene rings is 2. The van der Waals surface area contributed by atoms with E-state index in [1.165, 1.54) is 4.90 Å². The average Bonchev–Trinajstić information content (AvgIpc) is 2.74. The average molecular weight is 420 g/mol. The summed E-state index contributed by atoms with van der Waals surface area (Å²) in [7, 11) is 1.58. The maximum Gasteiger partial charge on any atom is 0.238 e. The Morgan fingerprint density at radius 1 is 0.933 bits per heavy atom. The van der Waals surface area contributed by atoms with Gasteiger partial charge in [0.25, 0.3) is 0 Å². The van der Waals surface area contributed by atoms with Crippen LogP contribution < -0.4 is 10.2 Å². The number of likely N-dealkylation sites (N-methyl/N-ethyl adjacent to an activating group) is 1. The molecule has 160 valence electrons. The van der Waals surface area contributed by atoms with Crippen molar-refractivity contribution < 1.29 is 22.8 Å². The number of nitrogens with one attached hydrogen (secondary N) is 1. The molecule has 0 saturated carbocycles. The third-order valence-electron chi connectivity index (χ3n) is 4.88. The molecule has 0 unspecified atom stereocenters. The number of halogens is 3. The third-order valence-corrected chi connectivity index (χ3v) is 4.88. The summed E-state index contributed by atoms with van der Waals surface area (Å²) in [5.41, 5.74) is 0.665. The van der Waals surface area contributed by atoms with Crippen LogP contribution in [-0.2, 0) is 9.59 Å². The lowest BCUT2D eigenvalue weighted by molar-refractivity contribution is -0.132. The van der Waals surface area contributed by atoms with Gasteiger partial charge in [-0.05, 0) is 31.3 Å². The predicted molar refractivity (Wildman–Crippen MR) is 108 cm³/mol. The molecule has 2 amide bonds. The van der Waals surface area contributed by atoms with Crippen LogP contribution >= 0.6 is 0 Å². The van der Waals surface area contributed by atoms with Crippen molar-refractivity contribution in [3.8, 4) is 0 Å². The van der Waals surface area contributed by atoms with Gasteiger partial charge in [-0.1, -0.05) is 18.2 Å². The summed E-state index contributed by atoms with van der Waals surface area (Å²) < 4.78 is 39.9. The van der Waals surface area contributed by atoms with E-state index in [1.807, 2.05) is 30.3 Å². The summed E-state index contributed by atoms with van der Waals surface area (Å²) in [6, 6.07) is 11.6. The number of rotatable bonds is 6. The molecule has 30 heavy (non-hydrogen) atoms. The highest BCUT2D eigenvalue weighted by Crippen LogP contribution is 2.19. The van der Waals surface area contributed by atoms with Crippen LogP contribution in [0.1, 0.15) is 0 Å². The van der Waals surface area contributed by atoms with Gasteiger partial charge >= 0.3 is 0 Å². The number of anilines is 2. The van der Waals surface area contributed by atoms with Gasteiger partial charge in [0.2, 0.25) is 11.8 Å². The minimum atomic E-state index is -1.65. The first-order valence-corrected chi connectivity index (χ1v) is 9.55. The van der Waals surface area contributed by atoms with E-state index in [1.54, 1.807) is 11.9 Å². The number of hydrogen-bond acceptors (Lipinski definition) is 4. The fraction of sp³-hybridized carbons (Fsp3) is 0.333. The van der Waals surface area contributed by atoms with E-state index >= 15 is 0 Å². The van der Waals surface area contributed by atoms with Gasteiger partial charge in [0.05, 0.1) is 18.8 Å². The molecule has 1 fully saturated rings. The molecule has 0 spiro atoms. The van der Waals surface area contributed by atoms with Crippen molar-refractivity contribution in [3.05, 3.63) is 59.9 Å². The molecule has 1 aliphatic rings. The second kappa shape index (κ2) is 9.62. The number of carbonyl (C=O) groups excluding carboxylic acids is 2. The summed E-state index contributed by atoms with van der Waals surface area (Å²) in [4.78, 5) is 30.0. The first kappa shape index (κ1) is 21.6. The number of piperazine rings is 1. The van der Waals surface area contributed by atoms with E-state index in [4.69, 9.17) is 0 Å². The van der Waals surface area contributed by atoms with Crippen LogP contribution in [0.25, 0.3) is 0 Å². The molecule has 0 radical (unpaired) electrons. The molecule has 1 N–H and O–H groups in total. The quantitative estimate of drug-likeness (QED) is 0.729. The number of amides is 2. The molecule has 0 atom stereocenters. The minimum absolute atomic E-state index is 0.0129. The van der Waals surface area contributed by atoms with E-state index in [9.17, 15) is 22.8 Å². The highest BCUT2D eigenvalue weighted by Gasteiger charge is 2.23. The molecule has 0 bridgehead atoms. The fourth-order valence-electron chi connectivity index (χ4n) is 3.30. The summed E-state index contributed by atoms with van der Waals surface area (Å²) in [6.07, 6.45) is 0. The van der Waals surface area contributed by atoms with Gasteiger partial charge in [0, 0.05) is 31.9 Å². The van der Waals surface area contributed by atoms with Crippen molar-refractivity contribution >= 4 is 23.2 Å². The first-order valence-electron chi connectivity index (χ1n) is 9.55. The fourth-order valence-corrected chi connectivity index (χ4v) is 3.30. The van der Waals surface area contributed by atoms with Crippen molar-refractivity contribution in [1.82, 2.24) is 9.80 Å². The number of para-hydroxylation sites is 1. The zero-order valence-electron chi connectivity index (χ0n) is 16.6. The van der Waals surface area contributed by atoms with Crippen LogP contribution in [0.15, 0.2) is 42.5 Å². The number of carbonyl (C=O) groups is 2. The van der Waals surface area contributed by atoms with Crippen molar-refractivity contribution in [2.75, 3.05) is 56.5 Å². The molecular weight excluding hydrogens is 397 g/mol. The van der Waals surface area contributed by atoms with Crippen molar-refractivity contribution in [1.29, 1.82) is 0 Å². The van der Waals surface area contributed by atoms with E-state index in [0.29, 0.717) is 13.1 Å². The Bertz CT molecular complexity index is 903. The largest absolute Gasteiger partial charge is 0.368 e. The Kier molecular flexibility index (Phi) is 6.94. The van der Waals surface area contributed by atoms with Gasteiger partial charge < -0.3 is 15.1 Å². The molecule has 3 rings (SSSR count).